The molecule has 1 N–H and O–H groups in total. The molecular formula is C20H24O5S. The molecule has 0 aliphatic rings. The highest BCUT2D eigenvalue weighted by Gasteiger charge is 2.15. The van der Waals surface area contributed by atoms with Gasteiger partial charge in [-0.15, -0.1) is 0 Å². The topological polar surface area (TPSA) is 80.7 Å². The normalized spacial score (nSPS) is 12.7. The summed E-state index contributed by atoms with van der Waals surface area (Å²) < 4.78 is 29.2. The average molecular weight is 376 g/mol. The molecule has 2 rings (SSSR count). The predicted molar refractivity (Wildman–Crippen MR) is 99.7 cm³/mol. The lowest BCUT2D eigenvalue weighted by Crippen LogP contribution is -2.08. The molecule has 2 aromatic carbocycles. The summed E-state index contributed by atoms with van der Waals surface area (Å²) >= 11 is 0. The molecule has 0 aromatic heterocycles. The van der Waals surface area contributed by atoms with Crippen molar-refractivity contribution in [1.29, 1.82) is 0 Å². The zero-order valence-corrected chi connectivity index (χ0v) is 15.8. The van der Waals surface area contributed by atoms with Crippen molar-refractivity contribution >= 4 is 16.1 Å². The Kier molecular flexibility index (Phi) is 6.94. The molecular weight excluding hydrogens is 352 g/mol. The number of carboxylic acid groups (broad SMARTS) is 1. The van der Waals surface area contributed by atoms with Gasteiger partial charge in [0.25, 0.3) is 10.1 Å². The highest BCUT2D eigenvalue weighted by molar-refractivity contribution is 7.86. The number of aryl methyl sites for hydroxylation is 2. The van der Waals surface area contributed by atoms with Gasteiger partial charge in [0.15, 0.2) is 0 Å². The van der Waals surface area contributed by atoms with Crippen LogP contribution in [0.25, 0.3) is 0 Å². The van der Waals surface area contributed by atoms with Gasteiger partial charge < -0.3 is 5.11 Å². The lowest BCUT2D eigenvalue weighted by molar-refractivity contribution is -0.138. The van der Waals surface area contributed by atoms with Crippen molar-refractivity contribution in [3.63, 3.8) is 0 Å². The molecule has 5 nitrogen and oxygen atoms in total. The molecule has 0 heterocycles. The van der Waals surface area contributed by atoms with Crippen LogP contribution in [0.5, 0.6) is 0 Å². The Morgan fingerprint density at radius 3 is 2.23 bits per heavy atom. The van der Waals surface area contributed by atoms with Gasteiger partial charge in [-0.25, -0.2) is 0 Å². The molecule has 140 valence electrons. The van der Waals surface area contributed by atoms with E-state index in [0.717, 1.165) is 29.5 Å². The molecule has 0 spiro atoms. The highest BCUT2D eigenvalue weighted by atomic mass is 32.2. The van der Waals surface area contributed by atoms with Gasteiger partial charge in [-0.05, 0) is 56.4 Å². The van der Waals surface area contributed by atoms with E-state index >= 15 is 0 Å². The summed E-state index contributed by atoms with van der Waals surface area (Å²) in [5.74, 6) is -1.37. The Hall–Kier alpha value is -2.18. The second-order valence-corrected chi connectivity index (χ2v) is 7.96. The van der Waals surface area contributed by atoms with Crippen LogP contribution in [0.4, 0.5) is 0 Å². The molecule has 0 saturated heterocycles. The van der Waals surface area contributed by atoms with Crippen LogP contribution in [0.3, 0.4) is 0 Å². The van der Waals surface area contributed by atoms with E-state index in [0.29, 0.717) is 6.42 Å². The Labute approximate surface area is 154 Å². The SMILES string of the molecule is Cc1ccc(S(=O)(=O)OCCCCc2ccc(C(C)C(=O)O)cc2)cc1. The van der Waals surface area contributed by atoms with Crippen molar-refractivity contribution in [2.45, 2.75) is 43.9 Å². The third kappa shape index (κ3) is 5.68. The van der Waals surface area contributed by atoms with E-state index in [4.69, 9.17) is 9.29 Å². The first-order valence-electron chi connectivity index (χ1n) is 8.57. The van der Waals surface area contributed by atoms with E-state index in [2.05, 4.69) is 0 Å². The highest BCUT2D eigenvalue weighted by Crippen LogP contribution is 2.17. The van der Waals surface area contributed by atoms with Crippen LogP contribution >= 0.6 is 0 Å². The number of unbranched alkanes of at least 4 members (excludes halogenated alkanes) is 1. The van der Waals surface area contributed by atoms with E-state index < -0.39 is 22.0 Å². The predicted octanol–water partition coefficient (Wildman–Crippen LogP) is 3.91. The van der Waals surface area contributed by atoms with E-state index in [1.54, 1.807) is 31.2 Å². The third-order valence-electron chi connectivity index (χ3n) is 4.26. The minimum Gasteiger partial charge on any atom is -0.481 e. The van der Waals surface area contributed by atoms with Gasteiger partial charge in [-0.2, -0.15) is 8.42 Å². The summed E-state index contributed by atoms with van der Waals surface area (Å²) in [4.78, 5) is 11.1. The zero-order chi connectivity index (χ0) is 19.2. The van der Waals surface area contributed by atoms with E-state index in [1.165, 1.54) is 0 Å². The Morgan fingerprint density at radius 1 is 1.04 bits per heavy atom. The van der Waals surface area contributed by atoms with Crippen molar-refractivity contribution in [1.82, 2.24) is 0 Å². The Morgan fingerprint density at radius 2 is 1.65 bits per heavy atom. The van der Waals surface area contributed by atoms with Crippen molar-refractivity contribution in [2.75, 3.05) is 6.61 Å². The zero-order valence-electron chi connectivity index (χ0n) is 15.0. The minimum absolute atomic E-state index is 0.143. The van der Waals surface area contributed by atoms with E-state index in [-0.39, 0.29) is 11.5 Å². The lowest BCUT2D eigenvalue weighted by atomic mass is 9.98. The largest absolute Gasteiger partial charge is 0.481 e. The molecule has 1 atom stereocenters. The molecule has 0 aliphatic heterocycles. The first kappa shape index (κ1) is 20.1. The van der Waals surface area contributed by atoms with Gasteiger partial charge >= 0.3 is 5.97 Å². The quantitative estimate of drug-likeness (QED) is 0.530. The molecule has 0 fully saturated rings. The number of benzene rings is 2. The fourth-order valence-corrected chi connectivity index (χ4v) is 3.43. The average Bonchev–Trinajstić information content (AvgIpc) is 2.61. The van der Waals surface area contributed by atoms with Gasteiger partial charge in [-0.1, -0.05) is 42.0 Å². The van der Waals surface area contributed by atoms with Gasteiger partial charge in [0.05, 0.1) is 17.4 Å². The van der Waals surface area contributed by atoms with Gasteiger partial charge in [-0.3, -0.25) is 8.98 Å². The summed E-state index contributed by atoms with van der Waals surface area (Å²) in [5.41, 5.74) is 2.86. The molecule has 0 amide bonds. The standard InChI is InChI=1S/C20H24O5S/c1-15-6-12-19(13-7-15)26(23,24)25-14-4-3-5-17-8-10-18(11-9-17)16(2)20(21)22/h6-13,16H,3-5,14H2,1-2H3,(H,21,22). The monoisotopic (exact) mass is 376 g/mol. The van der Waals surface area contributed by atoms with Gasteiger partial charge in [0.1, 0.15) is 0 Å². The molecule has 1 unspecified atom stereocenters. The fourth-order valence-electron chi connectivity index (χ4n) is 2.49. The fraction of sp³-hybridized carbons (Fsp3) is 0.350. The number of hydrogen-bond acceptors (Lipinski definition) is 4. The van der Waals surface area contributed by atoms with Crippen molar-refractivity contribution in [3.8, 4) is 0 Å². The summed E-state index contributed by atoms with van der Waals surface area (Å²) in [6, 6.07) is 14.1. The maximum Gasteiger partial charge on any atom is 0.310 e. The maximum atomic E-state index is 12.1. The van der Waals surface area contributed by atoms with Gasteiger partial charge in [0.2, 0.25) is 0 Å². The minimum atomic E-state index is -3.70. The van der Waals surface area contributed by atoms with Crippen LogP contribution in [-0.2, 0) is 25.5 Å². The van der Waals surface area contributed by atoms with Crippen molar-refractivity contribution in [2.24, 2.45) is 0 Å². The van der Waals surface area contributed by atoms with Crippen molar-refractivity contribution < 1.29 is 22.5 Å². The smallest absolute Gasteiger partial charge is 0.310 e. The summed E-state index contributed by atoms with van der Waals surface area (Å²) in [6.45, 7) is 3.69. The summed E-state index contributed by atoms with van der Waals surface area (Å²) in [5, 5.41) is 9.00. The summed E-state index contributed by atoms with van der Waals surface area (Å²) in [7, 11) is -3.70. The number of carboxylic acids is 1. The van der Waals surface area contributed by atoms with Crippen LogP contribution < -0.4 is 0 Å². The van der Waals surface area contributed by atoms with Crippen LogP contribution in [0.2, 0.25) is 0 Å². The first-order chi connectivity index (χ1) is 12.3. The van der Waals surface area contributed by atoms with E-state index in [1.807, 2.05) is 31.2 Å². The number of carbonyl (C=O) groups is 1. The lowest BCUT2D eigenvalue weighted by Gasteiger charge is -2.08. The Bertz CT molecular complexity index is 824. The van der Waals surface area contributed by atoms with Crippen LogP contribution in [0, 0.1) is 6.92 Å². The first-order valence-corrected chi connectivity index (χ1v) is 9.98. The van der Waals surface area contributed by atoms with Crippen LogP contribution in [-0.4, -0.2) is 26.1 Å². The van der Waals surface area contributed by atoms with Crippen LogP contribution in [0.15, 0.2) is 53.4 Å². The number of aliphatic carboxylic acids is 1. The van der Waals surface area contributed by atoms with Gasteiger partial charge in [0, 0.05) is 0 Å². The molecule has 2 aromatic rings. The van der Waals surface area contributed by atoms with E-state index in [9.17, 15) is 13.2 Å². The molecule has 26 heavy (non-hydrogen) atoms. The van der Waals surface area contributed by atoms with Crippen molar-refractivity contribution in [3.05, 3.63) is 65.2 Å². The molecule has 0 radical (unpaired) electrons. The second-order valence-electron chi connectivity index (χ2n) is 6.35. The second kappa shape index (κ2) is 8.96. The number of rotatable bonds is 9. The molecule has 0 saturated carbocycles. The molecule has 6 heteroatoms. The summed E-state index contributed by atoms with van der Waals surface area (Å²) in [6.07, 6.45) is 2.20. The molecule has 0 bridgehead atoms. The third-order valence-corrected chi connectivity index (χ3v) is 5.58. The maximum absolute atomic E-state index is 12.1. The Balaban J connectivity index is 1.76. The van der Waals surface area contributed by atoms with Crippen LogP contribution in [0.1, 0.15) is 42.4 Å². The molecule has 0 aliphatic carbocycles. The number of hydrogen-bond donors (Lipinski definition) is 1.